The van der Waals surface area contributed by atoms with Gasteiger partial charge in [-0.05, 0) is 29.7 Å². The average Bonchev–Trinajstić information content (AvgIpc) is 2.62. The maximum absolute atomic E-state index is 12.2. The quantitative estimate of drug-likeness (QED) is 0.350. The van der Waals surface area contributed by atoms with E-state index in [9.17, 15) is 13.0 Å². The van der Waals surface area contributed by atoms with Gasteiger partial charge < -0.3 is 0 Å². The Labute approximate surface area is 158 Å². The first-order valence-electron chi connectivity index (χ1n) is 9.98. The Morgan fingerprint density at radius 1 is 0.846 bits per heavy atom. The van der Waals surface area contributed by atoms with E-state index < -0.39 is 10.1 Å². The van der Waals surface area contributed by atoms with Gasteiger partial charge in [-0.15, -0.1) is 0 Å². The molecule has 26 heavy (non-hydrogen) atoms. The van der Waals surface area contributed by atoms with Crippen LogP contribution in [0.5, 0.6) is 0 Å². The summed E-state index contributed by atoms with van der Waals surface area (Å²) in [5.41, 5.74) is 0.779. The lowest BCUT2D eigenvalue weighted by atomic mass is 9.88. The first kappa shape index (κ1) is 20.9. The molecule has 0 saturated carbocycles. The minimum absolute atomic E-state index is 0.111. The highest BCUT2D eigenvalue weighted by Crippen LogP contribution is 2.36. The molecule has 0 amide bonds. The minimum Gasteiger partial charge on any atom is -0.282 e. The Morgan fingerprint density at radius 3 is 2.23 bits per heavy atom. The van der Waals surface area contributed by atoms with Crippen molar-refractivity contribution in [3.8, 4) is 0 Å². The van der Waals surface area contributed by atoms with Crippen molar-refractivity contribution < 1.29 is 13.0 Å². The topological polar surface area (TPSA) is 54.4 Å². The van der Waals surface area contributed by atoms with Gasteiger partial charge in [0.15, 0.2) is 0 Å². The molecule has 0 radical (unpaired) electrons. The van der Waals surface area contributed by atoms with E-state index in [0.717, 1.165) is 36.6 Å². The number of hydrogen-bond acceptors (Lipinski definition) is 2. The summed E-state index contributed by atoms with van der Waals surface area (Å²) in [5.74, 6) is 0.174. The Bertz CT molecular complexity index is 796. The summed E-state index contributed by atoms with van der Waals surface area (Å²) in [7, 11) is -4.27. The first-order valence-corrected chi connectivity index (χ1v) is 11.4. The average molecular weight is 377 g/mol. The summed E-state index contributed by atoms with van der Waals surface area (Å²) in [4.78, 5) is 0.111. The second-order valence-electron chi connectivity index (χ2n) is 7.22. The van der Waals surface area contributed by atoms with Crippen LogP contribution < -0.4 is 0 Å². The first-order chi connectivity index (χ1) is 12.5. The van der Waals surface area contributed by atoms with Crippen molar-refractivity contribution in [1.29, 1.82) is 0 Å². The molecular formula is C22H32O3S. The molecule has 1 unspecified atom stereocenters. The largest absolute Gasteiger partial charge is 0.295 e. The molecule has 144 valence electrons. The number of benzene rings is 2. The minimum atomic E-state index is -4.27. The predicted octanol–water partition coefficient (Wildman–Crippen LogP) is 6.72. The fraction of sp³-hybridized carbons (Fsp3) is 0.545. The number of fused-ring (bicyclic) bond motifs is 1. The van der Waals surface area contributed by atoms with E-state index >= 15 is 0 Å². The molecule has 2 rings (SSSR count). The van der Waals surface area contributed by atoms with Gasteiger partial charge >= 0.3 is 0 Å². The van der Waals surface area contributed by atoms with Gasteiger partial charge in [0.2, 0.25) is 0 Å². The number of rotatable bonds is 11. The highest BCUT2D eigenvalue weighted by atomic mass is 32.2. The van der Waals surface area contributed by atoms with Crippen molar-refractivity contribution in [1.82, 2.24) is 0 Å². The molecule has 0 fully saturated rings. The fourth-order valence-corrected chi connectivity index (χ4v) is 4.84. The molecule has 4 heteroatoms. The highest BCUT2D eigenvalue weighted by molar-refractivity contribution is 7.86. The highest BCUT2D eigenvalue weighted by Gasteiger charge is 2.24. The van der Waals surface area contributed by atoms with Gasteiger partial charge in [0.05, 0.1) is 0 Å². The Morgan fingerprint density at radius 2 is 1.54 bits per heavy atom. The van der Waals surface area contributed by atoms with E-state index in [2.05, 4.69) is 13.8 Å². The van der Waals surface area contributed by atoms with Crippen LogP contribution >= 0.6 is 0 Å². The molecule has 2 aromatic carbocycles. The van der Waals surface area contributed by atoms with Gasteiger partial charge in [0.25, 0.3) is 10.1 Å². The number of hydrogen-bond donors (Lipinski definition) is 1. The molecule has 0 aliphatic rings. The summed E-state index contributed by atoms with van der Waals surface area (Å²) in [5, 5.41) is 1.47. The van der Waals surface area contributed by atoms with Gasteiger partial charge in [-0.1, -0.05) is 95.2 Å². The molecule has 0 bridgehead atoms. The predicted molar refractivity (Wildman–Crippen MR) is 109 cm³/mol. The van der Waals surface area contributed by atoms with Crippen molar-refractivity contribution in [2.24, 2.45) is 0 Å². The Hall–Kier alpha value is -1.39. The molecule has 0 aliphatic carbocycles. The maximum atomic E-state index is 12.2. The molecule has 0 aliphatic heterocycles. The summed E-state index contributed by atoms with van der Waals surface area (Å²) < 4.78 is 34.3. The van der Waals surface area contributed by atoms with Crippen LogP contribution in [0.2, 0.25) is 0 Å². The molecule has 2 aromatic rings. The lowest BCUT2D eigenvalue weighted by Gasteiger charge is -2.20. The number of unbranched alkanes of at least 4 members (excludes halogenated alkanes) is 5. The van der Waals surface area contributed by atoms with E-state index in [1.54, 1.807) is 6.07 Å². The zero-order chi connectivity index (χ0) is 19.0. The summed E-state index contributed by atoms with van der Waals surface area (Å²) in [6.07, 6.45) is 10.3. The van der Waals surface area contributed by atoms with Crippen LogP contribution in [0.15, 0.2) is 41.3 Å². The summed E-state index contributed by atoms with van der Waals surface area (Å²) >= 11 is 0. The van der Waals surface area contributed by atoms with Crippen LogP contribution in [0, 0.1) is 0 Å². The smallest absolute Gasteiger partial charge is 0.282 e. The van der Waals surface area contributed by atoms with Crippen molar-refractivity contribution in [3.05, 3.63) is 42.0 Å². The van der Waals surface area contributed by atoms with Crippen molar-refractivity contribution >= 4 is 20.9 Å². The van der Waals surface area contributed by atoms with Gasteiger partial charge in [0, 0.05) is 5.39 Å². The van der Waals surface area contributed by atoms with Crippen LogP contribution in [-0.4, -0.2) is 13.0 Å². The zero-order valence-electron chi connectivity index (χ0n) is 16.1. The van der Waals surface area contributed by atoms with Gasteiger partial charge in [-0.3, -0.25) is 4.55 Å². The lowest BCUT2D eigenvalue weighted by molar-refractivity contribution is 0.475. The lowest BCUT2D eigenvalue weighted by Crippen LogP contribution is -2.09. The second-order valence-corrected chi connectivity index (χ2v) is 8.58. The molecule has 1 N–H and O–H groups in total. The standard InChI is InChI=1S/C22H32O3S/c1-3-5-6-7-8-9-13-18(12-4-2)21-17-16-19-14-10-11-15-20(19)22(21)26(23,24)25/h10-11,14-18H,3-9,12-13H2,1-2H3,(H,23,24,25). The van der Waals surface area contributed by atoms with Crippen LogP contribution in [0.25, 0.3) is 10.8 Å². The Balaban J connectivity index is 2.28. The van der Waals surface area contributed by atoms with Crippen LogP contribution in [0.4, 0.5) is 0 Å². The molecule has 3 nitrogen and oxygen atoms in total. The summed E-state index contributed by atoms with van der Waals surface area (Å²) in [6.45, 7) is 4.34. The van der Waals surface area contributed by atoms with Crippen LogP contribution in [0.3, 0.4) is 0 Å². The zero-order valence-corrected chi connectivity index (χ0v) is 16.9. The Kier molecular flexibility index (Phi) is 8.11. The SMILES string of the molecule is CCCCCCCCC(CCC)c1ccc2ccccc2c1S(=O)(=O)O. The van der Waals surface area contributed by atoms with E-state index in [1.165, 1.54) is 32.1 Å². The van der Waals surface area contributed by atoms with E-state index in [4.69, 9.17) is 0 Å². The van der Waals surface area contributed by atoms with Gasteiger partial charge in [0.1, 0.15) is 4.90 Å². The third-order valence-electron chi connectivity index (χ3n) is 5.15. The molecule has 0 saturated heterocycles. The molecule has 0 spiro atoms. The molecular weight excluding hydrogens is 344 g/mol. The normalized spacial score (nSPS) is 13.2. The summed E-state index contributed by atoms with van der Waals surface area (Å²) in [6, 6.07) is 11.3. The third kappa shape index (κ3) is 5.55. The van der Waals surface area contributed by atoms with Gasteiger partial charge in [-0.2, -0.15) is 8.42 Å². The van der Waals surface area contributed by atoms with E-state index in [-0.39, 0.29) is 10.8 Å². The third-order valence-corrected chi connectivity index (χ3v) is 6.12. The maximum Gasteiger partial charge on any atom is 0.295 e. The fourth-order valence-electron chi connectivity index (χ4n) is 3.84. The van der Waals surface area contributed by atoms with E-state index in [1.807, 2.05) is 30.3 Å². The van der Waals surface area contributed by atoms with Crippen LogP contribution in [0.1, 0.15) is 83.1 Å². The van der Waals surface area contributed by atoms with E-state index in [0.29, 0.717) is 5.39 Å². The van der Waals surface area contributed by atoms with Crippen molar-refractivity contribution in [2.45, 2.75) is 82.4 Å². The van der Waals surface area contributed by atoms with Gasteiger partial charge in [-0.25, -0.2) is 0 Å². The molecule has 1 atom stereocenters. The van der Waals surface area contributed by atoms with Crippen molar-refractivity contribution in [3.63, 3.8) is 0 Å². The molecule has 0 heterocycles. The second kappa shape index (κ2) is 10.1. The monoisotopic (exact) mass is 376 g/mol. The van der Waals surface area contributed by atoms with Crippen LogP contribution in [-0.2, 0) is 10.1 Å². The van der Waals surface area contributed by atoms with Crippen molar-refractivity contribution in [2.75, 3.05) is 0 Å². The molecule has 0 aromatic heterocycles.